The van der Waals surface area contributed by atoms with Gasteiger partial charge >= 0.3 is 0 Å². The standard InChI is InChI=1S/C14H9ClO3/c1-8-2-3-11-9(6-8)7-12(18-11)13(16)10-4-5-17-14(10)15/h2-7H,1H3. The van der Waals surface area contributed by atoms with E-state index in [4.69, 9.17) is 20.4 Å². The second-order valence-electron chi connectivity index (χ2n) is 4.09. The smallest absolute Gasteiger partial charge is 0.233 e. The van der Waals surface area contributed by atoms with Crippen LogP contribution in [0.2, 0.25) is 5.22 Å². The van der Waals surface area contributed by atoms with Crippen LogP contribution < -0.4 is 0 Å². The van der Waals surface area contributed by atoms with Gasteiger partial charge in [-0.2, -0.15) is 0 Å². The molecule has 3 aromatic rings. The number of rotatable bonds is 2. The molecule has 0 N–H and O–H groups in total. The molecule has 1 aromatic carbocycles. The molecule has 3 rings (SSSR count). The Labute approximate surface area is 108 Å². The molecule has 3 nitrogen and oxygen atoms in total. The van der Waals surface area contributed by atoms with Crippen LogP contribution in [0.3, 0.4) is 0 Å². The molecule has 4 heteroatoms. The molecule has 0 unspecified atom stereocenters. The van der Waals surface area contributed by atoms with Gasteiger partial charge in [-0.1, -0.05) is 11.6 Å². The number of ketones is 1. The van der Waals surface area contributed by atoms with Gasteiger partial charge in [0.25, 0.3) is 0 Å². The van der Waals surface area contributed by atoms with Crippen molar-refractivity contribution in [3.05, 3.63) is 58.7 Å². The van der Waals surface area contributed by atoms with Crippen LogP contribution >= 0.6 is 11.6 Å². The molecule has 0 spiro atoms. The van der Waals surface area contributed by atoms with E-state index in [1.54, 1.807) is 6.07 Å². The van der Waals surface area contributed by atoms with E-state index in [2.05, 4.69) is 0 Å². The summed E-state index contributed by atoms with van der Waals surface area (Å²) in [7, 11) is 0. The van der Waals surface area contributed by atoms with Gasteiger partial charge in [0.05, 0.1) is 11.8 Å². The number of carbonyl (C=O) groups excluding carboxylic acids is 1. The number of hydrogen-bond acceptors (Lipinski definition) is 3. The number of benzene rings is 1. The van der Waals surface area contributed by atoms with Gasteiger partial charge in [-0.25, -0.2) is 0 Å². The Balaban J connectivity index is 2.10. The van der Waals surface area contributed by atoms with Crippen molar-refractivity contribution in [2.24, 2.45) is 0 Å². The predicted octanol–water partition coefficient (Wildman–Crippen LogP) is 4.22. The van der Waals surface area contributed by atoms with Gasteiger partial charge in [0.2, 0.25) is 11.0 Å². The molecule has 0 saturated carbocycles. The van der Waals surface area contributed by atoms with Crippen molar-refractivity contribution >= 4 is 28.4 Å². The zero-order valence-corrected chi connectivity index (χ0v) is 10.3. The van der Waals surface area contributed by atoms with Crippen LogP contribution in [0, 0.1) is 6.92 Å². The maximum absolute atomic E-state index is 12.1. The maximum Gasteiger partial charge on any atom is 0.233 e. The molecule has 2 aromatic heterocycles. The van der Waals surface area contributed by atoms with Gasteiger partial charge in [0, 0.05) is 5.39 Å². The Hall–Kier alpha value is -2.00. The van der Waals surface area contributed by atoms with Crippen molar-refractivity contribution in [2.75, 3.05) is 0 Å². The Morgan fingerprint density at radius 2 is 2.06 bits per heavy atom. The van der Waals surface area contributed by atoms with E-state index in [9.17, 15) is 4.79 Å². The summed E-state index contributed by atoms with van der Waals surface area (Å²) >= 11 is 5.78. The van der Waals surface area contributed by atoms with E-state index in [0.717, 1.165) is 10.9 Å². The number of carbonyl (C=O) groups is 1. The molecule has 0 saturated heterocycles. The zero-order valence-electron chi connectivity index (χ0n) is 9.57. The molecule has 0 aliphatic carbocycles. The monoisotopic (exact) mass is 260 g/mol. The van der Waals surface area contributed by atoms with Crippen molar-refractivity contribution in [3.63, 3.8) is 0 Å². The second-order valence-corrected chi connectivity index (χ2v) is 4.43. The first-order chi connectivity index (χ1) is 8.65. The first-order valence-corrected chi connectivity index (χ1v) is 5.81. The molecular formula is C14H9ClO3. The lowest BCUT2D eigenvalue weighted by atomic mass is 10.1. The lowest BCUT2D eigenvalue weighted by Gasteiger charge is -1.92. The van der Waals surface area contributed by atoms with E-state index < -0.39 is 0 Å². The average molecular weight is 261 g/mol. The van der Waals surface area contributed by atoms with E-state index >= 15 is 0 Å². The largest absolute Gasteiger partial charge is 0.453 e. The average Bonchev–Trinajstić information content (AvgIpc) is 2.93. The quantitative estimate of drug-likeness (QED) is 0.648. The Kier molecular flexibility index (Phi) is 2.49. The molecule has 0 amide bonds. The molecular weight excluding hydrogens is 252 g/mol. The van der Waals surface area contributed by atoms with Crippen molar-refractivity contribution in [1.29, 1.82) is 0 Å². The normalized spacial score (nSPS) is 11.0. The zero-order chi connectivity index (χ0) is 12.7. The van der Waals surface area contributed by atoms with Crippen LogP contribution in [-0.2, 0) is 0 Å². The molecule has 18 heavy (non-hydrogen) atoms. The lowest BCUT2D eigenvalue weighted by molar-refractivity contribution is 0.101. The summed E-state index contributed by atoms with van der Waals surface area (Å²) in [4.78, 5) is 12.1. The Morgan fingerprint density at radius 1 is 1.22 bits per heavy atom. The van der Waals surface area contributed by atoms with Gasteiger partial charge in [-0.3, -0.25) is 4.79 Å². The van der Waals surface area contributed by atoms with Crippen LogP contribution in [-0.4, -0.2) is 5.78 Å². The first-order valence-electron chi connectivity index (χ1n) is 5.43. The van der Waals surface area contributed by atoms with Gasteiger partial charge < -0.3 is 8.83 Å². The highest BCUT2D eigenvalue weighted by atomic mass is 35.5. The molecule has 2 heterocycles. The number of fused-ring (bicyclic) bond motifs is 1. The maximum atomic E-state index is 12.1. The second kappa shape index (κ2) is 4.03. The number of hydrogen-bond donors (Lipinski definition) is 0. The molecule has 0 aliphatic heterocycles. The Bertz CT molecular complexity index is 736. The van der Waals surface area contributed by atoms with Gasteiger partial charge in [0.15, 0.2) is 5.76 Å². The van der Waals surface area contributed by atoms with Gasteiger partial charge in [0.1, 0.15) is 5.58 Å². The van der Waals surface area contributed by atoms with Crippen molar-refractivity contribution in [3.8, 4) is 0 Å². The molecule has 0 radical (unpaired) electrons. The molecule has 0 bridgehead atoms. The molecule has 0 fully saturated rings. The summed E-state index contributed by atoms with van der Waals surface area (Å²) in [5, 5.41) is 0.981. The minimum Gasteiger partial charge on any atom is -0.453 e. The molecule has 0 aliphatic rings. The fourth-order valence-corrected chi connectivity index (χ4v) is 2.06. The third kappa shape index (κ3) is 1.73. The first kappa shape index (κ1) is 11.1. The summed E-state index contributed by atoms with van der Waals surface area (Å²) in [6, 6.07) is 8.99. The van der Waals surface area contributed by atoms with Crippen LogP contribution in [0.1, 0.15) is 21.7 Å². The third-order valence-electron chi connectivity index (χ3n) is 2.76. The fourth-order valence-electron chi connectivity index (χ4n) is 1.86. The summed E-state index contributed by atoms with van der Waals surface area (Å²) in [5.74, 6) is -0.0125. The van der Waals surface area contributed by atoms with Crippen LogP contribution in [0.15, 0.2) is 45.4 Å². The summed E-state index contributed by atoms with van der Waals surface area (Å²) in [6.45, 7) is 1.99. The number of furan rings is 2. The molecule has 90 valence electrons. The minimum absolute atomic E-state index is 0.0802. The van der Waals surface area contributed by atoms with Gasteiger partial charge in [-0.05, 0) is 42.8 Å². The lowest BCUT2D eigenvalue weighted by Crippen LogP contribution is -1.97. The van der Waals surface area contributed by atoms with Crippen molar-refractivity contribution in [2.45, 2.75) is 6.92 Å². The minimum atomic E-state index is -0.275. The van der Waals surface area contributed by atoms with E-state index in [0.29, 0.717) is 11.1 Å². The highest BCUT2D eigenvalue weighted by molar-refractivity contribution is 6.33. The summed E-state index contributed by atoms with van der Waals surface area (Å²) < 4.78 is 10.4. The van der Waals surface area contributed by atoms with Crippen LogP contribution in [0.4, 0.5) is 0 Å². The van der Waals surface area contributed by atoms with Crippen molar-refractivity contribution in [1.82, 2.24) is 0 Å². The SMILES string of the molecule is Cc1ccc2oc(C(=O)c3ccoc3Cl)cc2c1. The van der Waals surface area contributed by atoms with Crippen molar-refractivity contribution < 1.29 is 13.6 Å². The fraction of sp³-hybridized carbons (Fsp3) is 0.0714. The molecule has 0 atom stereocenters. The Morgan fingerprint density at radius 3 is 2.78 bits per heavy atom. The topological polar surface area (TPSA) is 43.4 Å². The predicted molar refractivity (Wildman–Crippen MR) is 68.1 cm³/mol. The van der Waals surface area contributed by atoms with E-state index in [1.807, 2.05) is 25.1 Å². The number of aryl methyl sites for hydroxylation is 1. The summed E-state index contributed by atoms with van der Waals surface area (Å²) in [6.07, 6.45) is 1.38. The van der Waals surface area contributed by atoms with E-state index in [-0.39, 0.29) is 16.8 Å². The van der Waals surface area contributed by atoms with Gasteiger partial charge in [-0.15, -0.1) is 0 Å². The summed E-state index contributed by atoms with van der Waals surface area (Å²) in [5.41, 5.74) is 2.11. The highest BCUT2D eigenvalue weighted by Gasteiger charge is 2.19. The highest BCUT2D eigenvalue weighted by Crippen LogP contribution is 2.25. The van der Waals surface area contributed by atoms with Crippen LogP contribution in [0.5, 0.6) is 0 Å². The number of halogens is 1. The van der Waals surface area contributed by atoms with Crippen LogP contribution in [0.25, 0.3) is 11.0 Å². The van der Waals surface area contributed by atoms with E-state index in [1.165, 1.54) is 12.3 Å². The third-order valence-corrected chi connectivity index (χ3v) is 3.05.